The van der Waals surface area contributed by atoms with E-state index in [4.69, 9.17) is 33.8 Å². The lowest BCUT2D eigenvalue weighted by Crippen LogP contribution is -2.09. The average Bonchev–Trinajstić information content (AvgIpc) is 2.95. The summed E-state index contributed by atoms with van der Waals surface area (Å²) in [4.78, 5) is 4.56. The Balaban J connectivity index is 1.56. The lowest BCUT2D eigenvalue weighted by molar-refractivity contribution is 0.344. The molecule has 0 bridgehead atoms. The first-order chi connectivity index (χ1) is 11.6. The molecule has 3 aromatic rings. The van der Waals surface area contributed by atoms with Crippen LogP contribution >= 0.6 is 35.0 Å². The number of benzene rings is 2. The Morgan fingerprint density at radius 3 is 2.67 bits per heavy atom. The highest BCUT2D eigenvalue weighted by atomic mass is 35.5. The molecule has 0 spiro atoms. The molecule has 2 aromatic carbocycles. The van der Waals surface area contributed by atoms with Crippen molar-refractivity contribution in [1.29, 1.82) is 0 Å². The Bertz CT molecular complexity index is 824. The Morgan fingerprint density at radius 1 is 1.12 bits per heavy atom. The zero-order chi connectivity index (χ0) is 16.9. The van der Waals surface area contributed by atoms with Crippen molar-refractivity contribution in [2.45, 2.75) is 5.16 Å². The molecule has 1 heterocycles. The SMILES string of the molecule is Nn1cc(-c2ccccc2)nc1SCCOc1ccc(Cl)cc1Cl. The quantitative estimate of drug-likeness (QED) is 0.381. The number of thioether (sulfide) groups is 1. The van der Waals surface area contributed by atoms with Gasteiger partial charge in [-0.1, -0.05) is 65.3 Å². The Morgan fingerprint density at radius 2 is 1.92 bits per heavy atom. The molecule has 0 aliphatic rings. The van der Waals surface area contributed by atoms with Crippen molar-refractivity contribution in [3.8, 4) is 17.0 Å². The van der Waals surface area contributed by atoms with Crippen LogP contribution in [0.4, 0.5) is 0 Å². The number of halogens is 2. The van der Waals surface area contributed by atoms with Gasteiger partial charge in [-0.25, -0.2) is 9.66 Å². The highest BCUT2D eigenvalue weighted by Crippen LogP contribution is 2.28. The Hall–Kier alpha value is -1.82. The van der Waals surface area contributed by atoms with Crippen LogP contribution in [0.2, 0.25) is 10.0 Å². The highest BCUT2D eigenvalue weighted by molar-refractivity contribution is 7.99. The minimum atomic E-state index is 0.486. The van der Waals surface area contributed by atoms with E-state index in [2.05, 4.69) is 4.98 Å². The molecule has 3 rings (SSSR count). The molecule has 0 atom stereocenters. The third-order valence-corrected chi connectivity index (χ3v) is 4.70. The number of nitrogens with zero attached hydrogens (tertiary/aromatic N) is 2. The van der Waals surface area contributed by atoms with Crippen LogP contribution in [0.25, 0.3) is 11.3 Å². The van der Waals surface area contributed by atoms with Gasteiger partial charge >= 0.3 is 0 Å². The summed E-state index contributed by atoms with van der Waals surface area (Å²) in [6.07, 6.45) is 1.81. The van der Waals surface area contributed by atoms with Gasteiger partial charge < -0.3 is 10.6 Å². The van der Waals surface area contributed by atoms with Crippen molar-refractivity contribution in [1.82, 2.24) is 9.66 Å². The molecule has 0 saturated carbocycles. The third kappa shape index (κ3) is 4.17. The number of hydrogen-bond acceptors (Lipinski definition) is 4. The summed E-state index contributed by atoms with van der Waals surface area (Å²) in [6.45, 7) is 0.486. The number of hydrogen-bond donors (Lipinski definition) is 1. The molecule has 124 valence electrons. The second kappa shape index (κ2) is 7.83. The smallest absolute Gasteiger partial charge is 0.187 e. The summed E-state index contributed by atoms with van der Waals surface area (Å²) >= 11 is 13.5. The van der Waals surface area contributed by atoms with Crippen LogP contribution in [0.1, 0.15) is 0 Å². The highest BCUT2D eigenvalue weighted by Gasteiger charge is 2.09. The van der Waals surface area contributed by atoms with E-state index in [9.17, 15) is 0 Å². The van der Waals surface area contributed by atoms with Crippen LogP contribution in [0.15, 0.2) is 59.9 Å². The molecule has 0 aliphatic carbocycles. The number of ether oxygens (including phenoxy) is 1. The normalized spacial score (nSPS) is 10.8. The first kappa shape index (κ1) is 17.0. The third-order valence-electron chi connectivity index (χ3n) is 3.23. The fourth-order valence-corrected chi connectivity index (χ4v) is 3.29. The van der Waals surface area contributed by atoms with Crippen LogP contribution in [0.5, 0.6) is 5.75 Å². The second-order valence-electron chi connectivity index (χ2n) is 4.95. The van der Waals surface area contributed by atoms with Crippen LogP contribution < -0.4 is 10.6 Å². The van der Waals surface area contributed by atoms with E-state index in [-0.39, 0.29) is 0 Å². The first-order valence-electron chi connectivity index (χ1n) is 7.24. The van der Waals surface area contributed by atoms with Gasteiger partial charge in [0, 0.05) is 16.3 Å². The summed E-state index contributed by atoms with van der Waals surface area (Å²) in [5.41, 5.74) is 1.88. The van der Waals surface area contributed by atoms with Gasteiger partial charge in [-0.3, -0.25) is 0 Å². The van der Waals surface area contributed by atoms with Gasteiger partial charge in [0.1, 0.15) is 5.75 Å². The molecule has 0 saturated heterocycles. The second-order valence-corrected chi connectivity index (χ2v) is 6.86. The van der Waals surface area contributed by atoms with Crippen molar-refractivity contribution in [3.05, 3.63) is 64.8 Å². The largest absolute Gasteiger partial charge is 0.491 e. The minimum absolute atomic E-state index is 0.486. The van der Waals surface area contributed by atoms with E-state index < -0.39 is 0 Å². The van der Waals surface area contributed by atoms with E-state index >= 15 is 0 Å². The molecule has 24 heavy (non-hydrogen) atoms. The predicted octanol–water partition coefficient (Wildman–Crippen LogP) is 4.74. The number of nitrogens with two attached hydrogens (primary N) is 1. The van der Waals surface area contributed by atoms with Crippen LogP contribution in [0, 0.1) is 0 Å². The van der Waals surface area contributed by atoms with Crippen molar-refractivity contribution in [3.63, 3.8) is 0 Å². The van der Waals surface area contributed by atoms with E-state index in [1.165, 1.54) is 16.4 Å². The zero-order valence-corrected chi connectivity index (χ0v) is 15.0. The standard InChI is InChI=1S/C17H15Cl2N3OS/c18-13-6-7-16(14(19)10-13)23-8-9-24-17-21-15(11-22(17)20)12-4-2-1-3-5-12/h1-7,10-11H,8-9,20H2. The molecule has 1 aromatic heterocycles. The average molecular weight is 380 g/mol. The fourth-order valence-electron chi connectivity index (χ4n) is 2.11. The fraction of sp³-hybridized carbons (Fsp3) is 0.118. The summed E-state index contributed by atoms with van der Waals surface area (Å²) in [6, 6.07) is 15.1. The predicted molar refractivity (Wildman–Crippen MR) is 100 cm³/mol. The number of rotatable bonds is 6. The summed E-state index contributed by atoms with van der Waals surface area (Å²) in [7, 11) is 0. The summed E-state index contributed by atoms with van der Waals surface area (Å²) in [5, 5.41) is 1.82. The van der Waals surface area contributed by atoms with Crippen LogP contribution in [-0.4, -0.2) is 22.0 Å². The molecule has 0 aliphatic heterocycles. The maximum atomic E-state index is 6.07. The molecule has 4 nitrogen and oxygen atoms in total. The van der Waals surface area contributed by atoms with Crippen molar-refractivity contribution in [2.24, 2.45) is 0 Å². The van der Waals surface area contributed by atoms with Gasteiger partial charge in [-0.15, -0.1) is 0 Å². The van der Waals surface area contributed by atoms with Gasteiger partial charge in [0.25, 0.3) is 0 Å². The van der Waals surface area contributed by atoms with Gasteiger partial charge in [0.15, 0.2) is 5.16 Å². The molecule has 7 heteroatoms. The maximum absolute atomic E-state index is 6.07. The Labute approximate surface area is 154 Å². The number of aromatic nitrogens is 2. The van der Waals surface area contributed by atoms with E-state index in [1.54, 1.807) is 18.2 Å². The zero-order valence-electron chi connectivity index (χ0n) is 12.7. The van der Waals surface area contributed by atoms with Crippen molar-refractivity contribution in [2.75, 3.05) is 18.2 Å². The van der Waals surface area contributed by atoms with Gasteiger partial charge in [-0.05, 0) is 18.2 Å². The summed E-state index contributed by atoms with van der Waals surface area (Å²) < 4.78 is 7.19. The molecule has 0 amide bonds. The molecular formula is C17H15Cl2N3OS. The van der Waals surface area contributed by atoms with Gasteiger partial charge in [-0.2, -0.15) is 0 Å². The maximum Gasteiger partial charge on any atom is 0.187 e. The molecule has 0 fully saturated rings. The van der Waals surface area contributed by atoms with Gasteiger partial charge in [0.2, 0.25) is 0 Å². The first-order valence-corrected chi connectivity index (χ1v) is 8.98. The summed E-state index contributed by atoms with van der Waals surface area (Å²) in [5.74, 6) is 7.28. The van der Waals surface area contributed by atoms with E-state index in [0.717, 1.165) is 16.4 Å². The monoisotopic (exact) mass is 379 g/mol. The van der Waals surface area contributed by atoms with Crippen LogP contribution in [0.3, 0.4) is 0 Å². The van der Waals surface area contributed by atoms with Gasteiger partial charge in [0.05, 0.1) is 23.5 Å². The molecular weight excluding hydrogens is 365 g/mol. The molecule has 0 radical (unpaired) electrons. The van der Waals surface area contributed by atoms with E-state index in [0.29, 0.717) is 28.2 Å². The number of nitrogen functional groups attached to an aromatic ring is 1. The lowest BCUT2D eigenvalue weighted by Gasteiger charge is -2.07. The molecule has 0 unspecified atom stereocenters. The van der Waals surface area contributed by atoms with Crippen LogP contribution in [-0.2, 0) is 0 Å². The Kier molecular flexibility index (Phi) is 5.56. The van der Waals surface area contributed by atoms with Crippen molar-refractivity contribution < 1.29 is 4.74 Å². The minimum Gasteiger partial charge on any atom is -0.491 e. The molecule has 2 N–H and O–H groups in total. The number of imidazole rings is 1. The lowest BCUT2D eigenvalue weighted by atomic mass is 10.2. The topological polar surface area (TPSA) is 53.1 Å². The van der Waals surface area contributed by atoms with E-state index in [1.807, 2.05) is 36.5 Å². The van der Waals surface area contributed by atoms with Crippen molar-refractivity contribution >= 4 is 35.0 Å².